The Kier molecular flexibility index (Phi) is 6.09. The zero-order valence-corrected chi connectivity index (χ0v) is 17.8. The van der Waals surface area contributed by atoms with Crippen molar-refractivity contribution in [2.45, 2.75) is 38.3 Å². The number of amides is 1. The number of carbonyl (C=O) groups excluding carboxylic acids is 2. The summed E-state index contributed by atoms with van der Waals surface area (Å²) in [5.74, 6) is -1.35. The Labute approximate surface area is 182 Å². The van der Waals surface area contributed by atoms with Crippen molar-refractivity contribution in [1.82, 2.24) is 10.2 Å². The second kappa shape index (κ2) is 8.94. The van der Waals surface area contributed by atoms with Gasteiger partial charge in [0.05, 0.1) is 12.1 Å². The lowest BCUT2D eigenvalue weighted by atomic mass is 9.78. The number of esters is 1. The molecule has 0 aromatic heterocycles. The zero-order valence-electron chi connectivity index (χ0n) is 17.8. The fourth-order valence-electron chi connectivity index (χ4n) is 4.57. The summed E-state index contributed by atoms with van der Waals surface area (Å²) in [6.45, 7) is 3.74. The first-order chi connectivity index (χ1) is 15.0. The molecule has 1 saturated heterocycles. The van der Waals surface area contributed by atoms with Crippen molar-refractivity contribution >= 4 is 11.9 Å². The van der Waals surface area contributed by atoms with E-state index in [0.29, 0.717) is 6.54 Å². The van der Waals surface area contributed by atoms with Gasteiger partial charge in [0.1, 0.15) is 5.76 Å². The van der Waals surface area contributed by atoms with Gasteiger partial charge >= 0.3 is 5.97 Å². The van der Waals surface area contributed by atoms with E-state index >= 15 is 0 Å². The van der Waals surface area contributed by atoms with Crippen molar-refractivity contribution in [1.29, 1.82) is 0 Å². The van der Waals surface area contributed by atoms with Crippen LogP contribution in [0.25, 0.3) is 11.1 Å². The van der Waals surface area contributed by atoms with E-state index in [1.807, 2.05) is 42.5 Å². The molecule has 0 radical (unpaired) electrons. The van der Waals surface area contributed by atoms with Gasteiger partial charge in [-0.3, -0.25) is 4.79 Å². The Balaban J connectivity index is 1.64. The number of aliphatic hydroxyl groups excluding tert-OH is 1. The Morgan fingerprint density at radius 3 is 2.35 bits per heavy atom. The molecule has 2 N–H and O–H groups in total. The highest BCUT2D eigenvalue weighted by Crippen LogP contribution is 2.39. The predicted octanol–water partition coefficient (Wildman–Crippen LogP) is 3.58. The first-order valence-electron chi connectivity index (χ1n) is 10.8. The molecule has 6 nitrogen and oxygen atoms in total. The summed E-state index contributed by atoms with van der Waals surface area (Å²) < 4.78 is 5.04. The summed E-state index contributed by atoms with van der Waals surface area (Å²) >= 11 is 0. The molecule has 31 heavy (non-hydrogen) atoms. The van der Waals surface area contributed by atoms with Crippen molar-refractivity contribution in [2.24, 2.45) is 0 Å². The second-order valence-corrected chi connectivity index (χ2v) is 8.15. The molecule has 2 heterocycles. The molecule has 4 rings (SSSR count). The molecule has 0 saturated carbocycles. The standard InChI is InChI=1S/C25H28N2O4/c1-2-31-24(30)22-21(28)16-25(12-14-26-15-13-25)27(23(22)29)17-18-8-10-20(11-9-18)19-6-4-3-5-7-19/h3-11,26,28H,2,12-17H2,1H3. The first kappa shape index (κ1) is 21.1. The van der Waals surface area contributed by atoms with Crippen LogP contribution < -0.4 is 5.32 Å². The minimum Gasteiger partial charge on any atom is -0.511 e. The Morgan fingerprint density at radius 2 is 1.71 bits per heavy atom. The van der Waals surface area contributed by atoms with Crippen LogP contribution in [0.2, 0.25) is 0 Å². The van der Waals surface area contributed by atoms with Crippen LogP contribution in [0.4, 0.5) is 0 Å². The molecule has 2 aliphatic heterocycles. The van der Waals surface area contributed by atoms with Gasteiger partial charge in [0.2, 0.25) is 0 Å². The van der Waals surface area contributed by atoms with E-state index in [4.69, 9.17) is 4.74 Å². The quantitative estimate of drug-likeness (QED) is 0.571. The number of nitrogens with one attached hydrogen (secondary N) is 1. The third-order valence-electron chi connectivity index (χ3n) is 6.23. The zero-order chi connectivity index (χ0) is 21.8. The van der Waals surface area contributed by atoms with E-state index in [9.17, 15) is 14.7 Å². The molecule has 1 fully saturated rings. The number of benzene rings is 2. The average molecular weight is 421 g/mol. The predicted molar refractivity (Wildman–Crippen MR) is 118 cm³/mol. The summed E-state index contributed by atoms with van der Waals surface area (Å²) in [6, 6.07) is 18.3. The molecule has 2 aromatic carbocycles. The van der Waals surface area contributed by atoms with Crippen LogP contribution in [0, 0.1) is 0 Å². The van der Waals surface area contributed by atoms with Gasteiger partial charge in [-0.25, -0.2) is 4.79 Å². The van der Waals surface area contributed by atoms with Gasteiger partial charge in [0, 0.05) is 13.0 Å². The molecule has 162 valence electrons. The van der Waals surface area contributed by atoms with E-state index in [1.165, 1.54) is 0 Å². The van der Waals surface area contributed by atoms with E-state index in [0.717, 1.165) is 42.6 Å². The SMILES string of the molecule is CCOC(=O)C1=C(O)CC2(CCNCC2)N(Cc2ccc(-c3ccccc3)cc2)C1=O. The van der Waals surface area contributed by atoms with Crippen molar-refractivity contribution in [3.63, 3.8) is 0 Å². The van der Waals surface area contributed by atoms with Crippen molar-refractivity contribution in [3.05, 3.63) is 71.5 Å². The monoisotopic (exact) mass is 420 g/mol. The highest BCUT2D eigenvalue weighted by Gasteiger charge is 2.48. The van der Waals surface area contributed by atoms with E-state index in [-0.39, 0.29) is 24.4 Å². The average Bonchev–Trinajstić information content (AvgIpc) is 2.78. The lowest BCUT2D eigenvalue weighted by molar-refractivity contribution is -0.147. The van der Waals surface area contributed by atoms with Crippen LogP contribution >= 0.6 is 0 Å². The molecule has 0 unspecified atom stereocenters. The van der Waals surface area contributed by atoms with Crippen molar-refractivity contribution < 1.29 is 19.4 Å². The van der Waals surface area contributed by atoms with Gasteiger partial charge in [0.25, 0.3) is 5.91 Å². The van der Waals surface area contributed by atoms with Crippen LogP contribution in [0.3, 0.4) is 0 Å². The lowest BCUT2D eigenvalue weighted by Gasteiger charge is -2.49. The molecule has 0 atom stereocenters. The number of ether oxygens (including phenoxy) is 1. The van der Waals surface area contributed by atoms with Crippen molar-refractivity contribution in [2.75, 3.05) is 19.7 Å². The lowest BCUT2D eigenvalue weighted by Crippen LogP contribution is -2.59. The maximum atomic E-state index is 13.4. The van der Waals surface area contributed by atoms with Crippen LogP contribution in [-0.2, 0) is 20.9 Å². The number of nitrogens with zero attached hydrogens (tertiary/aromatic N) is 1. The molecule has 2 aliphatic rings. The minimum atomic E-state index is -0.752. The number of rotatable bonds is 5. The Bertz CT molecular complexity index is 976. The summed E-state index contributed by atoms with van der Waals surface area (Å²) in [5.41, 5.74) is 2.49. The maximum absolute atomic E-state index is 13.4. The van der Waals surface area contributed by atoms with E-state index in [2.05, 4.69) is 17.4 Å². The molecule has 1 amide bonds. The summed E-state index contributed by atoms with van der Waals surface area (Å²) in [5, 5.41) is 13.9. The van der Waals surface area contributed by atoms with Gasteiger partial charge in [-0.05, 0) is 49.5 Å². The van der Waals surface area contributed by atoms with Crippen LogP contribution in [0.15, 0.2) is 65.9 Å². The summed E-state index contributed by atoms with van der Waals surface area (Å²) in [6.07, 6.45) is 1.72. The third kappa shape index (κ3) is 4.21. The minimum absolute atomic E-state index is 0.152. The highest BCUT2D eigenvalue weighted by molar-refractivity contribution is 6.17. The molecule has 0 bridgehead atoms. The molecular weight excluding hydrogens is 392 g/mol. The molecular formula is C25H28N2O4. The normalized spacial score (nSPS) is 18.4. The van der Waals surface area contributed by atoms with Crippen LogP contribution in [0.5, 0.6) is 0 Å². The fraction of sp³-hybridized carbons (Fsp3) is 0.360. The van der Waals surface area contributed by atoms with E-state index in [1.54, 1.807) is 11.8 Å². The molecule has 2 aromatic rings. The molecule has 6 heteroatoms. The van der Waals surface area contributed by atoms with Gasteiger partial charge in [0.15, 0.2) is 5.57 Å². The highest BCUT2D eigenvalue weighted by atomic mass is 16.5. The van der Waals surface area contributed by atoms with E-state index < -0.39 is 17.4 Å². The van der Waals surface area contributed by atoms with Gasteiger partial charge in [-0.1, -0.05) is 54.6 Å². The number of hydrogen-bond acceptors (Lipinski definition) is 5. The summed E-state index contributed by atoms with van der Waals surface area (Å²) in [4.78, 5) is 27.6. The maximum Gasteiger partial charge on any atom is 0.347 e. The van der Waals surface area contributed by atoms with Crippen LogP contribution in [-0.4, -0.2) is 47.1 Å². The number of piperidine rings is 1. The van der Waals surface area contributed by atoms with Gasteiger partial charge in [-0.2, -0.15) is 0 Å². The molecule has 1 spiro atoms. The topological polar surface area (TPSA) is 78.9 Å². The Morgan fingerprint density at radius 1 is 1.06 bits per heavy atom. The third-order valence-corrected chi connectivity index (χ3v) is 6.23. The second-order valence-electron chi connectivity index (χ2n) is 8.15. The summed E-state index contributed by atoms with van der Waals surface area (Å²) in [7, 11) is 0. The van der Waals surface area contributed by atoms with Crippen LogP contribution in [0.1, 0.15) is 31.7 Å². The Hall–Kier alpha value is -3.12. The number of hydrogen-bond donors (Lipinski definition) is 2. The van der Waals surface area contributed by atoms with Crippen molar-refractivity contribution in [3.8, 4) is 11.1 Å². The van der Waals surface area contributed by atoms with Gasteiger partial charge in [-0.15, -0.1) is 0 Å². The number of carbonyl (C=O) groups is 2. The smallest absolute Gasteiger partial charge is 0.347 e. The fourth-order valence-corrected chi connectivity index (χ4v) is 4.57. The largest absolute Gasteiger partial charge is 0.511 e. The molecule has 0 aliphatic carbocycles. The first-order valence-corrected chi connectivity index (χ1v) is 10.8. The van der Waals surface area contributed by atoms with Gasteiger partial charge < -0.3 is 20.1 Å². The number of aliphatic hydroxyl groups is 1.